The molecule has 25 heavy (non-hydrogen) atoms. The standard InChI is InChI=1S/C21H27NO3/c1-4-15(2)25-19-12-11-18(16-9-5-6-10-17(16)19)22-20(23)21(24-3)13-7-8-14-21/h5-6,9-12,15H,4,7-8,13-14H2,1-3H3,(H,22,23). The van der Waals surface area contributed by atoms with Crippen molar-refractivity contribution in [3.63, 3.8) is 0 Å². The Bertz CT molecular complexity index is 750. The van der Waals surface area contributed by atoms with Crippen LogP contribution in [0.3, 0.4) is 0 Å². The lowest BCUT2D eigenvalue weighted by Gasteiger charge is -2.26. The van der Waals surface area contributed by atoms with Gasteiger partial charge in [0.25, 0.3) is 5.91 Å². The fraction of sp³-hybridized carbons (Fsp3) is 0.476. The summed E-state index contributed by atoms with van der Waals surface area (Å²) in [6, 6.07) is 11.9. The van der Waals surface area contributed by atoms with Crippen molar-refractivity contribution in [2.75, 3.05) is 12.4 Å². The van der Waals surface area contributed by atoms with Crippen LogP contribution in [0.4, 0.5) is 5.69 Å². The van der Waals surface area contributed by atoms with Gasteiger partial charge in [0.05, 0.1) is 6.10 Å². The molecule has 1 amide bonds. The summed E-state index contributed by atoms with van der Waals surface area (Å²) in [5.74, 6) is 0.804. The van der Waals surface area contributed by atoms with Crippen LogP contribution >= 0.6 is 0 Å². The highest BCUT2D eigenvalue weighted by Gasteiger charge is 2.41. The second kappa shape index (κ2) is 7.44. The molecule has 1 fully saturated rings. The molecule has 0 spiro atoms. The molecule has 1 unspecified atom stereocenters. The van der Waals surface area contributed by atoms with Crippen LogP contribution in [-0.4, -0.2) is 24.7 Å². The molecule has 1 aliphatic carbocycles. The number of amides is 1. The van der Waals surface area contributed by atoms with Crippen molar-refractivity contribution < 1.29 is 14.3 Å². The van der Waals surface area contributed by atoms with Gasteiger partial charge in [-0.15, -0.1) is 0 Å². The Kier molecular flexibility index (Phi) is 5.28. The van der Waals surface area contributed by atoms with Crippen LogP contribution in [0.5, 0.6) is 5.75 Å². The van der Waals surface area contributed by atoms with E-state index in [1.54, 1.807) is 7.11 Å². The first kappa shape index (κ1) is 17.7. The maximum Gasteiger partial charge on any atom is 0.256 e. The fourth-order valence-electron chi connectivity index (χ4n) is 3.49. The number of fused-ring (bicyclic) bond motifs is 1. The van der Waals surface area contributed by atoms with E-state index in [1.165, 1.54) is 0 Å². The smallest absolute Gasteiger partial charge is 0.256 e. The Hall–Kier alpha value is -2.07. The molecule has 0 saturated heterocycles. The van der Waals surface area contributed by atoms with Gasteiger partial charge in [0, 0.05) is 23.6 Å². The Labute approximate surface area is 149 Å². The van der Waals surface area contributed by atoms with E-state index >= 15 is 0 Å². The highest BCUT2D eigenvalue weighted by atomic mass is 16.5. The van der Waals surface area contributed by atoms with E-state index in [0.717, 1.165) is 54.3 Å². The SMILES string of the molecule is CCC(C)Oc1ccc(NC(=O)C2(OC)CCCC2)c2ccccc12. The van der Waals surface area contributed by atoms with Crippen molar-refractivity contribution in [1.29, 1.82) is 0 Å². The van der Waals surface area contributed by atoms with Gasteiger partial charge in [0.2, 0.25) is 0 Å². The van der Waals surface area contributed by atoms with E-state index in [4.69, 9.17) is 9.47 Å². The zero-order chi connectivity index (χ0) is 17.9. The van der Waals surface area contributed by atoms with Gasteiger partial charge >= 0.3 is 0 Å². The summed E-state index contributed by atoms with van der Waals surface area (Å²) in [7, 11) is 1.63. The summed E-state index contributed by atoms with van der Waals surface area (Å²) in [6.07, 6.45) is 4.72. The average molecular weight is 341 g/mol. The lowest BCUT2D eigenvalue weighted by molar-refractivity contribution is -0.136. The number of anilines is 1. The minimum absolute atomic E-state index is 0.0479. The molecule has 4 heteroatoms. The number of hydrogen-bond acceptors (Lipinski definition) is 3. The van der Waals surface area contributed by atoms with Crippen LogP contribution in [0.25, 0.3) is 10.8 Å². The number of carbonyl (C=O) groups excluding carboxylic acids is 1. The Balaban J connectivity index is 1.92. The molecule has 2 aromatic carbocycles. The molecule has 0 radical (unpaired) electrons. The fourth-order valence-corrected chi connectivity index (χ4v) is 3.49. The van der Waals surface area contributed by atoms with Crippen molar-refractivity contribution in [3.05, 3.63) is 36.4 Å². The van der Waals surface area contributed by atoms with Crippen molar-refractivity contribution in [1.82, 2.24) is 0 Å². The van der Waals surface area contributed by atoms with E-state index in [-0.39, 0.29) is 12.0 Å². The van der Waals surface area contributed by atoms with Crippen LogP contribution in [0.15, 0.2) is 36.4 Å². The van der Waals surface area contributed by atoms with Gasteiger partial charge in [-0.05, 0) is 51.2 Å². The molecule has 0 aliphatic heterocycles. The molecule has 2 aromatic rings. The maximum atomic E-state index is 12.9. The average Bonchev–Trinajstić information content (AvgIpc) is 3.14. The molecule has 3 rings (SSSR count). The van der Waals surface area contributed by atoms with Gasteiger partial charge in [0.15, 0.2) is 0 Å². The van der Waals surface area contributed by atoms with Crippen LogP contribution in [0.1, 0.15) is 46.0 Å². The number of methoxy groups -OCH3 is 1. The van der Waals surface area contributed by atoms with Crippen molar-refractivity contribution >= 4 is 22.4 Å². The summed E-state index contributed by atoms with van der Waals surface area (Å²) < 4.78 is 11.6. The van der Waals surface area contributed by atoms with E-state index in [9.17, 15) is 4.79 Å². The minimum atomic E-state index is -0.688. The molecule has 1 saturated carbocycles. The van der Waals surface area contributed by atoms with Gasteiger partial charge in [0.1, 0.15) is 11.4 Å². The monoisotopic (exact) mass is 341 g/mol. The van der Waals surface area contributed by atoms with E-state index in [1.807, 2.05) is 36.4 Å². The van der Waals surface area contributed by atoms with Crippen LogP contribution in [0, 0.1) is 0 Å². The molecule has 4 nitrogen and oxygen atoms in total. The van der Waals surface area contributed by atoms with Gasteiger partial charge in [-0.3, -0.25) is 4.79 Å². The lowest BCUT2D eigenvalue weighted by Crippen LogP contribution is -2.42. The van der Waals surface area contributed by atoms with E-state index < -0.39 is 5.60 Å². The predicted octanol–water partition coefficient (Wildman–Crippen LogP) is 4.91. The minimum Gasteiger partial charge on any atom is -0.490 e. The number of benzene rings is 2. The normalized spacial score (nSPS) is 17.4. The number of ether oxygens (including phenoxy) is 2. The molecular formula is C21H27NO3. The number of rotatable bonds is 6. The Morgan fingerprint density at radius 3 is 2.48 bits per heavy atom. The maximum absolute atomic E-state index is 12.9. The highest BCUT2D eigenvalue weighted by molar-refractivity contribution is 6.06. The third-order valence-corrected chi connectivity index (χ3v) is 5.25. The first-order chi connectivity index (χ1) is 12.1. The third-order valence-electron chi connectivity index (χ3n) is 5.25. The lowest BCUT2D eigenvalue weighted by atomic mass is 10.00. The summed E-state index contributed by atoms with van der Waals surface area (Å²) in [5, 5.41) is 5.09. The second-order valence-corrected chi connectivity index (χ2v) is 6.85. The van der Waals surface area contributed by atoms with Gasteiger partial charge < -0.3 is 14.8 Å². The molecule has 1 N–H and O–H groups in total. The van der Waals surface area contributed by atoms with E-state index in [0.29, 0.717) is 0 Å². The summed E-state index contributed by atoms with van der Waals surface area (Å²) >= 11 is 0. The predicted molar refractivity (Wildman–Crippen MR) is 101 cm³/mol. The van der Waals surface area contributed by atoms with Gasteiger partial charge in [-0.2, -0.15) is 0 Å². The zero-order valence-electron chi connectivity index (χ0n) is 15.3. The topological polar surface area (TPSA) is 47.6 Å². The Morgan fingerprint density at radius 2 is 1.84 bits per heavy atom. The highest BCUT2D eigenvalue weighted by Crippen LogP contribution is 2.36. The molecule has 0 heterocycles. The molecular weight excluding hydrogens is 314 g/mol. The van der Waals surface area contributed by atoms with Crippen molar-refractivity contribution in [2.45, 2.75) is 57.7 Å². The van der Waals surface area contributed by atoms with Crippen LogP contribution in [0.2, 0.25) is 0 Å². The third kappa shape index (κ3) is 3.49. The summed E-state index contributed by atoms with van der Waals surface area (Å²) in [6.45, 7) is 4.17. The second-order valence-electron chi connectivity index (χ2n) is 6.85. The largest absolute Gasteiger partial charge is 0.490 e. The molecule has 134 valence electrons. The first-order valence-corrected chi connectivity index (χ1v) is 9.14. The van der Waals surface area contributed by atoms with E-state index in [2.05, 4.69) is 19.2 Å². The zero-order valence-corrected chi connectivity index (χ0v) is 15.3. The van der Waals surface area contributed by atoms with Gasteiger partial charge in [-0.1, -0.05) is 31.2 Å². The molecule has 1 atom stereocenters. The van der Waals surface area contributed by atoms with Crippen molar-refractivity contribution in [3.8, 4) is 5.75 Å². The number of hydrogen-bond donors (Lipinski definition) is 1. The van der Waals surface area contributed by atoms with Crippen molar-refractivity contribution in [2.24, 2.45) is 0 Å². The number of carbonyl (C=O) groups is 1. The number of nitrogens with one attached hydrogen (secondary N) is 1. The first-order valence-electron chi connectivity index (χ1n) is 9.14. The molecule has 0 aromatic heterocycles. The molecule has 0 bridgehead atoms. The molecule has 1 aliphatic rings. The summed E-state index contributed by atoms with van der Waals surface area (Å²) in [4.78, 5) is 12.9. The van der Waals surface area contributed by atoms with Gasteiger partial charge in [-0.25, -0.2) is 0 Å². The summed E-state index contributed by atoms with van der Waals surface area (Å²) in [5.41, 5.74) is 0.118. The Morgan fingerprint density at radius 1 is 1.16 bits per heavy atom. The van der Waals surface area contributed by atoms with Crippen LogP contribution in [-0.2, 0) is 9.53 Å². The quantitative estimate of drug-likeness (QED) is 0.811. The van der Waals surface area contributed by atoms with Crippen LogP contribution < -0.4 is 10.1 Å².